The quantitative estimate of drug-likeness (QED) is 0.230. The molecule has 1 heterocycles. The van der Waals surface area contributed by atoms with Crippen LogP contribution in [0.4, 0.5) is 3.89 Å². The zero-order valence-electron chi connectivity index (χ0n) is 16.1. The van der Waals surface area contributed by atoms with Crippen LogP contribution in [0.3, 0.4) is 0 Å². The van der Waals surface area contributed by atoms with E-state index in [1.165, 1.54) is 0 Å². The lowest BCUT2D eigenvalue weighted by atomic mass is 9.99. The van der Waals surface area contributed by atoms with Gasteiger partial charge in [0.15, 0.2) is 0 Å². The van der Waals surface area contributed by atoms with Gasteiger partial charge in [-0.2, -0.15) is 4.57 Å². The number of carboxylic acid groups (broad SMARTS) is 1. The van der Waals surface area contributed by atoms with Crippen LogP contribution in [0.5, 0.6) is 5.75 Å². The van der Waals surface area contributed by atoms with Gasteiger partial charge in [-0.1, -0.05) is 24.3 Å². The molecule has 0 unspecified atom stereocenters. The van der Waals surface area contributed by atoms with Crippen molar-refractivity contribution in [1.82, 2.24) is 0 Å². The van der Waals surface area contributed by atoms with E-state index in [4.69, 9.17) is 17.7 Å². The second kappa shape index (κ2) is 8.21. The summed E-state index contributed by atoms with van der Waals surface area (Å²) in [5, 5.41) is 13.4. The van der Waals surface area contributed by atoms with Crippen molar-refractivity contribution in [3.63, 3.8) is 0 Å². The van der Waals surface area contributed by atoms with E-state index in [9.17, 15) is 13.8 Å². The molecule has 0 saturated carbocycles. The van der Waals surface area contributed by atoms with Crippen molar-refractivity contribution >= 4 is 49.1 Å². The second-order valence-corrected chi connectivity index (χ2v) is 7.25. The van der Waals surface area contributed by atoms with Crippen molar-refractivity contribution < 1.29 is 36.1 Å². The maximum atomic E-state index is 12.0. The van der Waals surface area contributed by atoms with Crippen molar-refractivity contribution in [2.24, 2.45) is 7.05 Å². The Hall–Kier alpha value is -3.30. The van der Waals surface area contributed by atoms with Crippen LogP contribution in [0.15, 0.2) is 54.6 Å². The highest BCUT2D eigenvalue weighted by molar-refractivity contribution is 7.80. The normalized spacial score (nSPS) is 11.3. The first-order valence-corrected chi connectivity index (χ1v) is 10.2. The van der Waals surface area contributed by atoms with Crippen molar-refractivity contribution in [2.75, 3.05) is 6.61 Å². The number of benzene rings is 3. The molecule has 0 spiro atoms. The molecule has 0 fully saturated rings. The lowest BCUT2D eigenvalue weighted by Crippen LogP contribution is -2.31. The van der Waals surface area contributed by atoms with Crippen LogP contribution in [0.2, 0.25) is 0 Å². The van der Waals surface area contributed by atoms with Crippen LogP contribution < -0.4 is 9.30 Å². The molecule has 1 aromatic heterocycles. The summed E-state index contributed by atoms with van der Waals surface area (Å²) in [6, 6.07) is 17.6. The predicted octanol–water partition coefficient (Wildman–Crippen LogP) is 3.48. The van der Waals surface area contributed by atoms with Gasteiger partial charge in [-0.25, -0.2) is 13.2 Å². The number of hydrogen-bond donors (Lipinski definition) is 1. The van der Waals surface area contributed by atoms with Crippen LogP contribution in [0.25, 0.3) is 32.6 Å². The highest BCUT2D eigenvalue weighted by Crippen LogP contribution is 2.30. The number of carbonyl (C=O) groups is 1. The summed E-state index contributed by atoms with van der Waals surface area (Å²) in [4.78, 5) is 12.0. The SMILES string of the molecule is CCOc1ccc2c(C(=O)O)c3cc4ccccc4cc3[n+](C)c2c1.O=S(=O)([O-])F. The van der Waals surface area contributed by atoms with Gasteiger partial charge in [0.05, 0.1) is 29.0 Å². The van der Waals surface area contributed by atoms with Crippen LogP contribution in [-0.4, -0.2) is 30.7 Å². The minimum absolute atomic E-state index is 0.330. The summed E-state index contributed by atoms with van der Waals surface area (Å²) >= 11 is 0. The molecule has 1 N–H and O–H groups in total. The molecule has 0 aliphatic carbocycles. The van der Waals surface area contributed by atoms with Crippen LogP contribution in [0, 0.1) is 0 Å². The second-order valence-electron chi connectivity index (χ2n) is 6.46. The molecule has 0 saturated heterocycles. The van der Waals surface area contributed by atoms with E-state index >= 15 is 0 Å². The highest BCUT2D eigenvalue weighted by Gasteiger charge is 2.23. The predicted molar refractivity (Wildman–Crippen MR) is 109 cm³/mol. The molecule has 30 heavy (non-hydrogen) atoms. The molecule has 0 aliphatic rings. The Morgan fingerprint density at radius 2 is 1.63 bits per heavy atom. The number of aromatic carboxylic acids is 1. The number of carboxylic acids is 1. The largest absolute Gasteiger partial charge is 0.722 e. The van der Waals surface area contributed by atoms with E-state index < -0.39 is 16.5 Å². The standard InChI is InChI=1S/C21H17NO3.FHO3S/c1-3-25-15-8-9-16-19(12-15)22(2)18-11-14-7-5-4-6-13(14)10-17(18)20(16)21(23)24;1-5(2,3)4/h4-12H,3H2,1-2H3;(H,2,3,4). The van der Waals surface area contributed by atoms with E-state index in [-0.39, 0.29) is 0 Å². The van der Waals surface area contributed by atoms with Crippen molar-refractivity contribution in [3.8, 4) is 5.75 Å². The van der Waals surface area contributed by atoms with E-state index in [1.807, 2.05) is 73.1 Å². The average molecular weight is 431 g/mol. The minimum Gasteiger partial charge on any atom is -0.722 e. The Bertz CT molecular complexity index is 1380. The van der Waals surface area contributed by atoms with Gasteiger partial charge in [-0.3, -0.25) is 0 Å². The van der Waals surface area contributed by atoms with Gasteiger partial charge in [-0.15, -0.1) is 3.89 Å². The van der Waals surface area contributed by atoms with E-state index in [2.05, 4.69) is 0 Å². The summed E-state index contributed by atoms with van der Waals surface area (Å²) in [5.41, 5.74) is 2.06. The van der Waals surface area contributed by atoms with Gasteiger partial charge in [0.2, 0.25) is 11.0 Å². The van der Waals surface area contributed by atoms with Crippen LogP contribution in [-0.2, 0) is 17.6 Å². The van der Waals surface area contributed by atoms with E-state index in [0.717, 1.165) is 32.9 Å². The van der Waals surface area contributed by atoms with Gasteiger partial charge >= 0.3 is 5.97 Å². The molecular weight excluding hydrogens is 413 g/mol. The molecule has 0 amide bonds. The third-order valence-electron chi connectivity index (χ3n) is 4.62. The van der Waals surface area contributed by atoms with Crippen molar-refractivity contribution in [1.29, 1.82) is 0 Å². The molecule has 0 radical (unpaired) electrons. The lowest BCUT2D eigenvalue weighted by molar-refractivity contribution is -0.617. The Kier molecular flexibility index (Phi) is 5.86. The number of nitrogens with zero attached hydrogens (tertiary/aromatic N) is 1. The summed E-state index contributed by atoms with van der Waals surface area (Å²) < 4.78 is 43.0. The number of fused-ring (bicyclic) bond motifs is 3. The van der Waals surface area contributed by atoms with Crippen LogP contribution in [0.1, 0.15) is 17.3 Å². The Morgan fingerprint density at radius 3 is 2.20 bits per heavy atom. The highest BCUT2D eigenvalue weighted by atomic mass is 32.3. The van der Waals surface area contributed by atoms with Crippen LogP contribution >= 0.6 is 0 Å². The fourth-order valence-corrected chi connectivity index (χ4v) is 3.47. The minimum atomic E-state index is -5.42. The molecule has 4 rings (SSSR count). The molecule has 0 atom stereocenters. The maximum Gasteiger partial charge on any atom is 0.337 e. The number of ether oxygens (including phenoxy) is 1. The maximum absolute atomic E-state index is 12.0. The fourth-order valence-electron chi connectivity index (χ4n) is 3.47. The van der Waals surface area contributed by atoms with Crippen molar-refractivity contribution in [2.45, 2.75) is 6.92 Å². The fraction of sp³-hybridized carbons (Fsp3) is 0.143. The summed E-state index contributed by atoms with van der Waals surface area (Å²) in [6.45, 7) is 2.50. The number of aryl methyl sites for hydroxylation is 1. The molecule has 3 aromatic carbocycles. The monoisotopic (exact) mass is 431 g/mol. The summed E-state index contributed by atoms with van der Waals surface area (Å²) in [5.74, 6) is -0.183. The molecular formula is C21H18FNO6S. The molecule has 156 valence electrons. The number of pyridine rings is 1. The molecule has 0 bridgehead atoms. The number of aromatic nitrogens is 1. The zero-order chi connectivity index (χ0) is 22.1. The van der Waals surface area contributed by atoms with Gasteiger partial charge in [0.25, 0.3) is 10.5 Å². The zero-order valence-corrected chi connectivity index (χ0v) is 16.9. The number of rotatable bonds is 3. The van der Waals surface area contributed by atoms with E-state index in [0.29, 0.717) is 17.6 Å². The van der Waals surface area contributed by atoms with Crippen molar-refractivity contribution in [3.05, 3.63) is 60.2 Å². The molecule has 9 heteroatoms. The summed E-state index contributed by atoms with van der Waals surface area (Å²) in [6.07, 6.45) is 0. The average Bonchev–Trinajstić information content (AvgIpc) is 2.66. The molecule has 7 nitrogen and oxygen atoms in total. The van der Waals surface area contributed by atoms with E-state index in [1.54, 1.807) is 0 Å². The Labute approximate surface area is 172 Å². The van der Waals surface area contributed by atoms with Gasteiger partial charge in [0, 0.05) is 6.07 Å². The molecule has 4 aromatic rings. The third-order valence-corrected chi connectivity index (χ3v) is 4.62. The Morgan fingerprint density at radius 1 is 1.07 bits per heavy atom. The topological polar surface area (TPSA) is 108 Å². The van der Waals surface area contributed by atoms with Gasteiger partial charge in [0.1, 0.15) is 12.8 Å². The first-order valence-electron chi connectivity index (χ1n) is 8.90. The third kappa shape index (κ3) is 4.47. The van der Waals surface area contributed by atoms with Gasteiger partial charge < -0.3 is 14.4 Å². The summed E-state index contributed by atoms with van der Waals surface area (Å²) in [7, 11) is -3.46. The number of hydrogen-bond acceptors (Lipinski definition) is 5. The number of halogens is 1. The van der Waals surface area contributed by atoms with Gasteiger partial charge in [-0.05, 0) is 35.9 Å². The lowest BCUT2D eigenvalue weighted by Gasteiger charge is -2.10. The smallest absolute Gasteiger partial charge is 0.337 e. The molecule has 0 aliphatic heterocycles. The first-order chi connectivity index (χ1) is 14.1. The first kappa shape index (κ1) is 21.4. The Balaban J connectivity index is 0.000000461.